The predicted molar refractivity (Wildman–Crippen MR) is 124 cm³/mol. The molecule has 6 N–H and O–H groups in total. The molecule has 1 unspecified atom stereocenters. The third-order valence-electron chi connectivity index (χ3n) is 5.47. The van der Waals surface area contributed by atoms with Crippen molar-refractivity contribution in [1.82, 2.24) is 10.2 Å². The monoisotopic (exact) mass is 499 g/mol. The highest BCUT2D eigenvalue weighted by atomic mass is 16.5. The number of amides is 2. The molecule has 2 aromatic carbocycles. The maximum absolute atomic E-state index is 12.6. The van der Waals surface area contributed by atoms with Gasteiger partial charge in [0.05, 0.1) is 13.2 Å². The van der Waals surface area contributed by atoms with E-state index in [1.807, 2.05) is 0 Å². The first-order chi connectivity index (χ1) is 17.1. The molecule has 1 saturated heterocycles. The van der Waals surface area contributed by atoms with Gasteiger partial charge in [-0.2, -0.15) is 0 Å². The molecule has 13 nitrogen and oxygen atoms in total. The number of aliphatic carboxylic acids is 2. The van der Waals surface area contributed by atoms with E-state index in [0.717, 1.165) is 4.90 Å². The van der Waals surface area contributed by atoms with E-state index < -0.39 is 47.6 Å². The Morgan fingerprint density at radius 3 is 2.28 bits per heavy atom. The maximum Gasteiger partial charge on any atom is 0.331 e. The molecule has 0 bridgehead atoms. The third kappa shape index (κ3) is 5.88. The number of aromatic hydroxyl groups is 1. The fourth-order valence-electron chi connectivity index (χ4n) is 3.49. The van der Waals surface area contributed by atoms with Crippen molar-refractivity contribution in [2.24, 2.45) is 10.9 Å². The zero-order chi connectivity index (χ0) is 26.4. The van der Waals surface area contributed by atoms with Gasteiger partial charge < -0.3 is 46.4 Å². The van der Waals surface area contributed by atoms with Gasteiger partial charge in [0.1, 0.15) is 29.3 Å². The molecule has 1 aliphatic rings. The van der Waals surface area contributed by atoms with Crippen LogP contribution in [0.1, 0.15) is 23.6 Å². The first kappa shape index (κ1) is 26.0. The summed E-state index contributed by atoms with van der Waals surface area (Å²) >= 11 is 0. The molecule has 36 heavy (non-hydrogen) atoms. The summed E-state index contributed by atoms with van der Waals surface area (Å²) in [5.41, 5.74) is 5.32. The summed E-state index contributed by atoms with van der Waals surface area (Å²) in [6, 6.07) is 7.62. The maximum atomic E-state index is 12.6. The van der Waals surface area contributed by atoms with Crippen LogP contribution in [-0.4, -0.2) is 74.9 Å². The summed E-state index contributed by atoms with van der Waals surface area (Å²) in [7, 11) is 0. The van der Waals surface area contributed by atoms with Crippen LogP contribution < -0.4 is 15.8 Å². The van der Waals surface area contributed by atoms with E-state index in [9.17, 15) is 34.6 Å². The van der Waals surface area contributed by atoms with Gasteiger partial charge in [-0.1, -0.05) is 12.1 Å². The van der Waals surface area contributed by atoms with Crippen molar-refractivity contribution in [3.63, 3.8) is 0 Å². The lowest BCUT2D eigenvalue weighted by Crippen LogP contribution is -2.66. The number of benzene rings is 2. The van der Waals surface area contributed by atoms with Crippen LogP contribution in [0.2, 0.25) is 0 Å². The molecular formula is C23H23N4O9-. The lowest BCUT2D eigenvalue weighted by atomic mass is 9.97. The highest BCUT2D eigenvalue weighted by Crippen LogP contribution is 2.28. The van der Waals surface area contributed by atoms with Crippen molar-refractivity contribution in [3.8, 4) is 11.5 Å². The molecule has 2 aromatic rings. The van der Waals surface area contributed by atoms with Crippen molar-refractivity contribution in [3.05, 3.63) is 64.9 Å². The minimum Gasteiger partial charge on any atom is -0.791 e. The Kier molecular flexibility index (Phi) is 8.07. The van der Waals surface area contributed by atoms with Crippen LogP contribution in [0.3, 0.4) is 0 Å². The highest BCUT2D eigenvalue weighted by Gasteiger charge is 2.45. The standard InChI is InChI=1S/C23H24N4O9/c24-16(22(31)32)9-10-36-15-7-3-12(4-8-15)18(26-35)20(29)25-17-11-27(21(17)30)19(23(33)34)13-1-5-14(28)6-2-13/h1-8,16-17,19,28,35H,9-11,24H2,(H,25,29)(H,31,32)(H,33,34)/p-1/b26-18-/t16-,17+,19?/m1/s1. The number of carboxylic acids is 2. The molecule has 190 valence electrons. The number of β-lactam (4-membered cyclic amide) rings is 1. The van der Waals surface area contributed by atoms with Crippen LogP contribution in [0, 0.1) is 5.21 Å². The number of phenols is 1. The van der Waals surface area contributed by atoms with Crippen LogP contribution in [0.5, 0.6) is 11.5 Å². The number of carbonyl (C=O) groups is 4. The number of rotatable bonds is 11. The Labute approximate surface area is 204 Å². The second-order valence-corrected chi connectivity index (χ2v) is 7.90. The minimum atomic E-state index is -1.31. The van der Waals surface area contributed by atoms with Gasteiger partial charge in [-0.05, 0) is 42.0 Å². The first-order valence-corrected chi connectivity index (χ1v) is 10.7. The Hall–Kier alpha value is -4.65. The van der Waals surface area contributed by atoms with E-state index in [4.69, 9.17) is 15.6 Å². The molecule has 1 aliphatic heterocycles. The molecule has 3 rings (SSSR count). The highest BCUT2D eigenvalue weighted by molar-refractivity contribution is 6.45. The third-order valence-corrected chi connectivity index (χ3v) is 5.47. The topological polar surface area (TPSA) is 215 Å². The number of hydrogen-bond donors (Lipinski definition) is 5. The molecule has 13 heteroatoms. The number of phenolic OH excluding ortho intramolecular Hbond substituents is 1. The summed E-state index contributed by atoms with van der Waals surface area (Å²) < 4.78 is 5.38. The molecule has 1 heterocycles. The van der Waals surface area contributed by atoms with Crippen molar-refractivity contribution in [2.75, 3.05) is 13.2 Å². The minimum absolute atomic E-state index is 0.0393. The predicted octanol–water partition coefficient (Wildman–Crippen LogP) is 0.0128. The van der Waals surface area contributed by atoms with Crippen molar-refractivity contribution < 1.29 is 39.2 Å². The lowest BCUT2D eigenvalue weighted by molar-refractivity contribution is -0.160. The number of carboxylic acid groups (broad SMARTS) is 2. The number of nitrogens with zero attached hydrogens (tertiary/aromatic N) is 2. The first-order valence-electron chi connectivity index (χ1n) is 10.7. The van der Waals surface area contributed by atoms with Crippen LogP contribution in [-0.2, 0) is 19.2 Å². The van der Waals surface area contributed by atoms with Crippen LogP contribution >= 0.6 is 0 Å². The van der Waals surface area contributed by atoms with Gasteiger partial charge in [-0.15, -0.1) is 0 Å². The summed E-state index contributed by atoms with van der Waals surface area (Å²) in [6.07, 6.45) is 0.0780. The molecular weight excluding hydrogens is 476 g/mol. The van der Waals surface area contributed by atoms with Gasteiger partial charge in [0.25, 0.3) is 5.91 Å². The normalized spacial score (nSPS) is 17.0. The van der Waals surface area contributed by atoms with E-state index in [1.54, 1.807) is 0 Å². The molecule has 2 amide bonds. The van der Waals surface area contributed by atoms with E-state index in [1.165, 1.54) is 48.5 Å². The Balaban J connectivity index is 1.59. The summed E-state index contributed by atoms with van der Waals surface area (Å²) in [6.45, 7) is -0.0720. The SMILES string of the molecule is N[C@H](CCOc1ccc(/C(=N/[O-])C(=O)N[C@H]2CN(C(C(=O)O)c3ccc(O)cc3)C2=O)cc1)C(=O)O. The number of hydrogen-bond acceptors (Lipinski definition) is 9. The molecule has 1 fully saturated rings. The fourth-order valence-corrected chi connectivity index (χ4v) is 3.49. The van der Waals surface area contributed by atoms with E-state index in [-0.39, 0.29) is 36.4 Å². The van der Waals surface area contributed by atoms with Gasteiger partial charge in [-0.3, -0.25) is 14.4 Å². The zero-order valence-electron chi connectivity index (χ0n) is 18.7. The molecule has 0 saturated carbocycles. The Morgan fingerprint density at radius 1 is 1.11 bits per heavy atom. The number of ether oxygens (including phenoxy) is 1. The van der Waals surface area contributed by atoms with Crippen molar-refractivity contribution >= 4 is 29.5 Å². The van der Waals surface area contributed by atoms with Gasteiger partial charge in [0, 0.05) is 12.0 Å². The van der Waals surface area contributed by atoms with Crippen LogP contribution in [0.4, 0.5) is 0 Å². The quantitative estimate of drug-likeness (QED) is 0.159. The fraction of sp³-hybridized carbons (Fsp3) is 0.261. The van der Waals surface area contributed by atoms with Gasteiger partial charge in [0.2, 0.25) is 5.91 Å². The largest absolute Gasteiger partial charge is 0.791 e. The van der Waals surface area contributed by atoms with Gasteiger partial charge in [0.15, 0.2) is 6.04 Å². The number of likely N-dealkylation sites (tertiary alicyclic amines) is 1. The number of carbonyl (C=O) groups excluding carboxylic acids is 2. The van der Waals surface area contributed by atoms with Crippen LogP contribution in [0.15, 0.2) is 53.7 Å². The van der Waals surface area contributed by atoms with E-state index in [0.29, 0.717) is 5.75 Å². The van der Waals surface area contributed by atoms with Crippen molar-refractivity contribution in [1.29, 1.82) is 0 Å². The second-order valence-electron chi connectivity index (χ2n) is 7.90. The zero-order valence-corrected chi connectivity index (χ0v) is 18.7. The van der Waals surface area contributed by atoms with E-state index in [2.05, 4.69) is 10.5 Å². The molecule has 0 radical (unpaired) electrons. The Bertz CT molecular complexity index is 1170. The molecule has 0 aliphatic carbocycles. The number of nitrogens with two attached hydrogens (primary N) is 1. The summed E-state index contributed by atoms with van der Waals surface area (Å²) in [4.78, 5) is 48.7. The molecule has 0 aromatic heterocycles. The Morgan fingerprint density at radius 2 is 1.75 bits per heavy atom. The molecule has 0 spiro atoms. The van der Waals surface area contributed by atoms with Gasteiger partial charge >= 0.3 is 11.9 Å². The number of nitrogens with one attached hydrogen (secondary N) is 1. The molecule has 3 atom stereocenters. The van der Waals surface area contributed by atoms with E-state index >= 15 is 0 Å². The van der Waals surface area contributed by atoms with Crippen molar-refractivity contribution in [2.45, 2.75) is 24.5 Å². The summed E-state index contributed by atoms with van der Waals surface area (Å²) in [5, 5.41) is 44.2. The lowest BCUT2D eigenvalue weighted by Gasteiger charge is -2.42. The smallest absolute Gasteiger partial charge is 0.331 e. The summed E-state index contributed by atoms with van der Waals surface area (Å²) in [5.74, 6) is -3.72. The van der Waals surface area contributed by atoms with Gasteiger partial charge in [-0.25, -0.2) is 4.79 Å². The average molecular weight is 499 g/mol. The van der Waals surface area contributed by atoms with Crippen LogP contribution in [0.25, 0.3) is 0 Å². The average Bonchev–Trinajstić information content (AvgIpc) is 2.85. The second kappa shape index (κ2) is 11.2.